The zero-order valence-electron chi connectivity index (χ0n) is 7.84. The molecular weight excluding hydrogens is 148 g/mol. The smallest absolute Gasteiger partial charge is 0.140 e. The molecule has 3 atom stereocenters. The number of hydrogen-bond donors (Lipinski definition) is 0. The van der Waals surface area contributed by atoms with Gasteiger partial charge in [0, 0.05) is 12.3 Å². The van der Waals surface area contributed by atoms with Gasteiger partial charge in [-0.2, -0.15) is 0 Å². The monoisotopic (exact) mass is 164 g/mol. The Morgan fingerprint density at radius 2 is 2.25 bits per heavy atom. The lowest BCUT2D eigenvalue weighted by Crippen LogP contribution is -2.36. The summed E-state index contributed by atoms with van der Waals surface area (Å²) in [6.07, 6.45) is 5.45. The van der Waals surface area contributed by atoms with Crippen molar-refractivity contribution in [2.24, 2.45) is 17.8 Å². The Bertz CT molecular complexity index is 239. The van der Waals surface area contributed by atoms with E-state index in [0.717, 1.165) is 12.3 Å². The van der Waals surface area contributed by atoms with E-state index < -0.39 is 0 Å². The Morgan fingerprint density at radius 3 is 2.67 bits per heavy atom. The zero-order valence-corrected chi connectivity index (χ0v) is 7.84. The molecule has 0 spiro atoms. The summed E-state index contributed by atoms with van der Waals surface area (Å²) in [5.74, 6) is 2.36. The van der Waals surface area contributed by atoms with Crippen LogP contribution in [-0.4, -0.2) is 5.78 Å². The first-order valence-electron chi connectivity index (χ1n) is 4.95. The maximum Gasteiger partial charge on any atom is 0.140 e. The van der Waals surface area contributed by atoms with Gasteiger partial charge in [0.1, 0.15) is 5.78 Å². The summed E-state index contributed by atoms with van der Waals surface area (Å²) < 4.78 is 0. The van der Waals surface area contributed by atoms with Crippen molar-refractivity contribution >= 4 is 5.78 Å². The number of carbonyl (C=O) groups excluding carboxylic acids is 1. The van der Waals surface area contributed by atoms with Crippen molar-refractivity contribution in [2.75, 3.05) is 0 Å². The predicted octanol–water partition coefficient (Wildman–Crippen LogP) is 2.57. The minimum atomic E-state index is 0.347. The van der Waals surface area contributed by atoms with Gasteiger partial charge in [-0.25, -0.2) is 0 Å². The average molecular weight is 164 g/mol. The van der Waals surface area contributed by atoms with E-state index in [9.17, 15) is 4.79 Å². The van der Waals surface area contributed by atoms with Gasteiger partial charge in [-0.15, -0.1) is 0 Å². The van der Waals surface area contributed by atoms with Crippen LogP contribution in [-0.2, 0) is 4.79 Å². The van der Waals surface area contributed by atoms with E-state index in [-0.39, 0.29) is 0 Å². The molecule has 0 aromatic rings. The molecule has 0 heterocycles. The van der Waals surface area contributed by atoms with Gasteiger partial charge in [-0.1, -0.05) is 25.0 Å². The molecule has 2 aliphatic rings. The fourth-order valence-corrected chi connectivity index (χ4v) is 2.80. The second-order valence-electron chi connectivity index (χ2n) is 4.05. The molecule has 0 aromatic carbocycles. The van der Waals surface area contributed by atoms with Crippen LogP contribution in [0.2, 0.25) is 0 Å². The molecule has 2 fully saturated rings. The Labute approximate surface area is 73.8 Å². The molecule has 2 aliphatic carbocycles. The number of Topliss-reactive ketones (excluding diaryl/α,β-unsaturated/α-hetero) is 1. The minimum absolute atomic E-state index is 0.347. The van der Waals surface area contributed by atoms with Crippen LogP contribution >= 0.6 is 0 Å². The molecule has 0 aliphatic heterocycles. The van der Waals surface area contributed by atoms with Crippen LogP contribution in [0.3, 0.4) is 0 Å². The van der Waals surface area contributed by atoms with Crippen molar-refractivity contribution in [1.29, 1.82) is 0 Å². The predicted molar refractivity (Wildman–Crippen MR) is 48.8 cm³/mol. The minimum Gasteiger partial charge on any atom is -0.299 e. The van der Waals surface area contributed by atoms with Crippen LogP contribution in [0.5, 0.6) is 0 Å². The van der Waals surface area contributed by atoms with Crippen LogP contribution < -0.4 is 0 Å². The number of allylic oxidation sites excluding steroid dienone is 2. The largest absolute Gasteiger partial charge is 0.299 e. The third kappa shape index (κ3) is 0.886. The molecule has 0 saturated heterocycles. The van der Waals surface area contributed by atoms with E-state index in [1.165, 1.54) is 18.4 Å². The first kappa shape index (κ1) is 8.03. The molecule has 66 valence electrons. The van der Waals surface area contributed by atoms with Gasteiger partial charge in [-0.05, 0) is 25.2 Å². The highest BCUT2D eigenvalue weighted by molar-refractivity contribution is 5.91. The maximum absolute atomic E-state index is 11.3. The zero-order chi connectivity index (χ0) is 8.72. The van der Waals surface area contributed by atoms with Gasteiger partial charge in [0.05, 0.1) is 0 Å². The summed E-state index contributed by atoms with van der Waals surface area (Å²) in [7, 11) is 0. The second kappa shape index (κ2) is 2.72. The summed E-state index contributed by atoms with van der Waals surface area (Å²) in [4.78, 5) is 11.3. The summed E-state index contributed by atoms with van der Waals surface area (Å²) in [6, 6.07) is 0. The third-order valence-corrected chi connectivity index (χ3v) is 3.61. The molecule has 12 heavy (non-hydrogen) atoms. The van der Waals surface area contributed by atoms with E-state index >= 15 is 0 Å². The summed E-state index contributed by atoms with van der Waals surface area (Å²) in [5, 5.41) is 0. The average Bonchev–Trinajstić information content (AvgIpc) is 2.36. The highest BCUT2D eigenvalue weighted by Crippen LogP contribution is 2.52. The second-order valence-corrected chi connectivity index (χ2v) is 4.05. The lowest BCUT2D eigenvalue weighted by atomic mass is 9.70. The fraction of sp³-hybridized carbons (Fsp3) is 0.727. The van der Waals surface area contributed by atoms with Crippen LogP contribution in [0.15, 0.2) is 11.6 Å². The highest BCUT2D eigenvalue weighted by Gasteiger charge is 2.50. The molecule has 0 unspecified atom stereocenters. The van der Waals surface area contributed by atoms with Crippen molar-refractivity contribution in [2.45, 2.75) is 33.1 Å². The van der Waals surface area contributed by atoms with Crippen molar-refractivity contribution < 1.29 is 4.79 Å². The van der Waals surface area contributed by atoms with Crippen molar-refractivity contribution in [3.63, 3.8) is 0 Å². The SMILES string of the molecule is C/C=C1/C[C@@H](CC)[C@@H]2CC(=O)[C@H]12. The van der Waals surface area contributed by atoms with Crippen molar-refractivity contribution in [3.05, 3.63) is 11.6 Å². The van der Waals surface area contributed by atoms with E-state index in [2.05, 4.69) is 19.9 Å². The van der Waals surface area contributed by atoms with Gasteiger partial charge in [0.25, 0.3) is 0 Å². The van der Waals surface area contributed by atoms with E-state index in [1.54, 1.807) is 0 Å². The Morgan fingerprint density at radius 1 is 1.50 bits per heavy atom. The standard InChI is InChI=1S/C11H16O/c1-3-7-5-8(4-2)11-9(7)6-10(11)12/h4,7,9,11H,3,5-6H2,1-2H3/b8-4-/t7-,9+,11-/m1/s1. The summed E-state index contributed by atoms with van der Waals surface area (Å²) in [6.45, 7) is 4.30. The van der Waals surface area contributed by atoms with Crippen molar-refractivity contribution in [1.82, 2.24) is 0 Å². The maximum atomic E-state index is 11.3. The van der Waals surface area contributed by atoms with E-state index in [0.29, 0.717) is 17.6 Å². The molecular formula is C11H16O. The first-order valence-corrected chi connectivity index (χ1v) is 4.95. The topological polar surface area (TPSA) is 17.1 Å². The Hall–Kier alpha value is -0.590. The number of fused-ring (bicyclic) bond motifs is 1. The molecule has 0 radical (unpaired) electrons. The van der Waals surface area contributed by atoms with Crippen molar-refractivity contribution in [3.8, 4) is 0 Å². The van der Waals surface area contributed by atoms with Gasteiger partial charge >= 0.3 is 0 Å². The quantitative estimate of drug-likeness (QED) is 0.544. The molecule has 0 aromatic heterocycles. The van der Waals surface area contributed by atoms with Gasteiger partial charge in [0.15, 0.2) is 0 Å². The molecule has 2 rings (SSSR count). The van der Waals surface area contributed by atoms with Crippen LogP contribution in [0, 0.1) is 17.8 Å². The molecule has 0 bridgehead atoms. The van der Waals surface area contributed by atoms with E-state index in [1.807, 2.05) is 0 Å². The lowest BCUT2D eigenvalue weighted by Gasteiger charge is -2.32. The Kier molecular flexibility index (Phi) is 1.82. The molecule has 2 saturated carbocycles. The van der Waals surface area contributed by atoms with Gasteiger partial charge < -0.3 is 0 Å². The van der Waals surface area contributed by atoms with Gasteiger partial charge in [0.2, 0.25) is 0 Å². The lowest BCUT2D eigenvalue weighted by molar-refractivity contribution is -0.132. The highest BCUT2D eigenvalue weighted by atomic mass is 16.1. The van der Waals surface area contributed by atoms with E-state index in [4.69, 9.17) is 0 Å². The summed E-state index contributed by atoms with van der Waals surface area (Å²) >= 11 is 0. The van der Waals surface area contributed by atoms with Crippen LogP contribution in [0.4, 0.5) is 0 Å². The van der Waals surface area contributed by atoms with Gasteiger partial charge in [-0.3, -0.25) is 4.79 Å². The number of ketones is 1. The third-order valence-electron chi connectivity index (χ3n) is 3.61. The number of hydrogen-bond acceptors (Lipinski definition) is 1. The normalized spacial score (nSPS) is 43.0. The Balaban J connectivity index is 2.19. The molecule has 1 nitrogen and oxygen atoms in total. The van der Waals surface area contributed by atoms with Crippen LogP contribution in [0.25, 0.3) is 0 Å². The molecule has 0 N–H and O–H groups in total. The first-order chi connectivity index (χ1) is 5.77. The van der Waals surface area contributed by atoms with Crippen LogP contribution in [0.1, 0.15) is 33.1 Å². The molecule has 1 heteroatoms. The summed E-state index contributed by atoms with van der Waals surface area (Å²) in [5.41, 5.74) is 1.42. The number of rotatable bonds is 1. The number of carbonyl (C=O) groups is 1. The fourth-order valence-electron chi connectivity index (χ4n) is 2.80. The molecule has 0 amide bonds.